The predicted molar refractivity (Wildman–Crippen MR) is 28.0 cm³/mol. The molecular formula is C4H6CuNO4. The Hall–Kier alpha value is -0.581. The van der Waals surface area contributed by atoms with Crippen LogP contribution in [-0.2, 0) is 26.7 Å². The van der Waals surface area contributed by atoms with E-state index < -0.39 is 24.4 Å². The van der Waals surface area contributed by atoms with Crippen molar-refractivity contribution in [1.82, 2.24) is 0 Å². The average Bonchev–Trinajstić information content (AvgIpc) is 1.63. The van der Waals surface area contributed by atoms with Crippen molar-refractivity contribution in [2.24, 2.45) is 0 Å². The topological polar surface area (TPSA) is 98.4 Å². The van der Waals surface area contributed by atoms with Gasteiger partial charge in [0.05, 0.1) is 0 Å². The molecule has 0 bridgehead atoms. The predicted octanol–water partition coefficient (Wildman–Crippen LogP) is -0.0360. The number of carboxylic acid groups (broad SMARTS) is 2. The zero-order valence-corrected chi connectivity index (χ0v) is 5.74. The van der Waals surface area contributed by atoms with Gasteiger partial charge in [-0.3, -0.25) is 9.59 Å². The first kappa shape index (κ1) is 12.1. The summed E-state index contributed by atoms with van der Waals surface area (Å²) in [5.74, 6) is -2.67. The first-order valence-electron chi connectivity index (χ1n) is 2.19. The van der Waals surface area contributed by atoms with E-state index in [2.05, 4.69) is 0 Å². The summed E-state index contributed by atoms with van der Waals surface area (Å²) in [6.07, 6.45) is -0.644. The first-order chi connectivity index (χ1) is 4.04. The third-order valence-electron chi connectivity index (χ3n) is 0.677. The Morgan fingerprint density at radius 3 is 1.90 bits per heavy atom. The standard InChI is InChI=1S/C4H6NO4.Cu/c5-2(4(8)9)1-3(6)7;/h2,5H,1H2,(H,6,7)(H,8,9);/q-1;+1/t2-;/m0./s1. The van der Waals surface area contributed by atoms with Crippen LogP contribution in [0.2, 0.25) is 0 Å². The van der Waals surface area contributed by atoms with Gasteiger partial charge < -0.3 is 15.9 Å². The number of carboxylic acids is 2. The van der Waals surface area contributed by atoms with E-state index >= 15 is 0 Å². The second-order valence-corrected chi connectivity index (χ2v) is 1.49. The van der Waals surface area contributed by atoms with Crippen LogP contribution >= 0.6 is 0 Å². The van der Waals surface area contributed by atoms with E-state index in [0.29, 0.717) is 0 Å². The second-order valence-electron chi connectivity index (χ2n) is 1.49. The average molecular weight is 196 g/mol. The Morgan fingerprint density at radius 1 is 1.40 bits per heavy atom. The number of hydrogen-bond acceptors (Lipinski definition) is 2. The van der Waals surface area contributed by atoms with E-state index in [-0.39, 0.29) is 17.1 Å². The molecule has 0 aliphatic heterocycles. The molecule has 0 spiro atoms. The molecule has 0 amide bonds. The molecule has 0 aromatic carbocycles. The molecule has 0 aliphatic rings. The van der Waals surface area contributed by atoms with Gasteiger partial charge in [0.2, 0.25) is 0 Å². The summed E-state index contributed by atoms with van der Waals surface area (Å²) in [7, 11) is 0. The van der Waals surface area contributed by atoms with Crippen molar-refractivity contribution in [3.63, 3.8) is 0 Å². The van der Waals surface area contributed by atoms with Crippen LogP contribution in [0.1, 0.15) is 6.42 Å². The molecule has 0 fully saturated rings. The zero-order valence-electron chi connectivity index (χ0n) is 4.80. The SMILES string of the molecule is [Cu+].[NH-][C@@H](CC(=O)O)C(=O)O. The summed E-state index contributed by atoms with van der Waals surface area (Å²) >= 11 is 0. The van der Waals surface area contributed by atoms with Crippen LogP contribution < -0.4 is 0 Å². The van der Waals surface area contributed by atoms with Crippen LogP contribution in [-0.4, -0.2) is 28.2 Å². The molecule has 0 aliphatic carbocycles. The van der Waals surface area contributed by atoms with Crippen molar-refractivity contribution in [3.8, 4) is 0 Å². The summed E-state index contributed by atoms with van der Waals surface area (Å²) in [5, 5.41) is 15.9. The number of nitrogens with one attached hydrogen (secondary N) is 1. The molecule has 62 valence electrons. The normalized spacial score (nSPS) is 11.3. The van der Waals surface area contributed by atoms with Crippen molar-refractivity contribution in [2.45, 2.75) is 12.5 Å². The van der Waals surface area contributed by atoms with Crippen LogP contribution in [0, 0.1) is 0 Å². The molecule has 5 nitrogen and oxygen atoms in total. The maximum absolute atomic E-state index is 9.78. The van der Waals surface area contributed by atoms with E-state index in [1.165, 1.54) is 0 Å². The van der Waals surface area contributed by atoms with E-state index in [0.717, 1.165) is 0 Å². The summed E-state index contributed by atoms with van der Waals surface area (Å²) in [6.45, 7) is 0. The molecule has 0 unspecified atom stereocenters. The fourth-order valence-corrected chi connectivity index (χ4v) is 0.262. The van der Waals surface area contributed by atoms with Crippen LogP contribution in [0.3, 0.4) is 0 Å². The molecule has 0 rings (SSSR count). The molecule has 0 aromatic heterocycles. The zero-order chi connectivity index (χ0) is 7.44. The van der Waals surface area contributed by atoms with Crippen molar-refractivity contribution in [1.29, 1.82) is 0 Å². The summed E-state index contributed by atoms with van der Waals surface area (Å²) in [4.78, 5) is 19.5. The molecule has 6 heteroatoms. The van der Waals surface area contributed by atoms with Gasteiger partial charge in [-0.1, -0.05) is 0 Å². The molecule has 0 saturated carbocycles. The summed E-state index contributed by atoms with van der Waals surface area (Å²) in [5.41, 5.74) is 6.58. The quantitative estimate of drug-likeness (QED) is 0.618. The minimum absolute atomic E-state index is 0. The largest absolute Gasteiger partial charge is 1.00 e. The molecule has 0 saturated heterocycles. The maximum Gasteiger partial charge on any atom is 1.00 e. The van der Waals surface area contributed by atoms with Crippen molar-refractivity contribution >= 4 is 11.9 Å². The Morgan fingerprint density at radius 2 is 1.80 bits per heavy atom. The van der Waals surface area contributed by atoms with Crippen LogP contribution in [0.5, 0.6) is 0 Å². The van der Waals surface area contributed by atoms with Crippen molar-refractivity contribution in [3.05, 3.63) is 5.73 Å². The van der Waals surface area contributed by atoms with Gasteiger partial charge in [0.25, 0.3) is 5.97 Å². The minimum atomic E-state index is -1.54. The van der Waals surface area contributed by atoms with Crippen LogP contribution in [0.15, 0.2) is 0 Å². The number of aliphatic carboxylic acids is 2. The van der Waals surface area contributed by atoms with Gasteiger partial charge in [0.15, 0.2) is 0 Å². The van der Waals surface area contributed by atoms with Gasteiger partial charge >= 0.3 is 23.0 Å². The Bertz CT molecular complexity index is 137. The fraction of sp³-hybridized carbons (Fsp3) is 0.500. The molecule has 3 N–H and O–H groups in total. The van der Waals surface area contributed by atoms with E-state index in [1.54, 1.807) is 0 Å². The van der Waals surface area contributed by atoms with Gasteiger partial charge in [0, 0.05) is 6.42 Å². The maximum atomic E-state index is 9.78. The third kappa shape index (κ3) is 5.55. The number of rotatable bonds is 3. The molecule has 0 aromatic rings. The van der Waals surface area contributed by atoms with E-state index in [1.807, 2.05) is 0 Å². The van der Waals surface area contributed by atoms with E-state index in [4.69, 9.17) is 15.9 Å². The molecular weight excluding hydrogens is 190 g/mol. The van der Waals surface area contributed by atoms with Crippen LogP contribution in [0.25, 0.3) is 5.73 Å². The smallest absolute Gasteiger partial charge is 0.665 e. The Balaban J connectivity index is 0. The Kier molecular flexibility index (Phi) is 6.34. The Labute approximate surface area is 67.7 Å². The molecule has 0 radical (unpaired) electrons. The number of carbonyl (C=O) groups is 2. The van der Waals surface area contributed by atoms with Gasteiger partial charge in [-0.2, -0.15) is 0 Å². The third-order valence-corrected chi connectivity index (χ3v) is 0.677. The van der Waals surface area contributed by atoms with Gasteiger partial charge in [-0.15, -0.1) is 0 Å². The summed E-state index contributed by atoms with van der Waals surface area (Å²) < 4.78 is 0. The fourth-order valence-electron chi connectivity index (χ4n) is 0.262. The monoisotopic (exact) mass is 195 g/mol. The second kappa shape index (κ2) is 5.22. The van der Waals surface area contributed by atoms with Crippen molar-refractivity contribution in [2.75, 3.05) is 0 Å². The summed E-state index contributed by atoms with van der Waals surface area (Å²) in [6, 6.07) is -1.54. The molecule has 10 heavy (non-hydrogen) atoms. The molecule has 0 heterocycles. The minimum Gasteiger partial charge on any atom is -0.665 e. The number of hydrogen-bond donors (Lipinski definition) is 2. The molecule has 1 atom stereocenters. The van der Waals surface area contributed by atoms with Gasteiger partial charge in [-0.25, -0.2) is 0 Å². The van der Waals surface area contributed by atoms with Crippen LogP contribution in [0.4, 0.5) is 0 Å². The van der Waals surface area contributed by atoms with E-state index in [9.17, 15) is 9.59 Å². The van der Waals surface area contributed by atoms with Gasteiger partial charge in [-0.05, 0) is 6.04 Å². The van der Waals surface area contributed by atoms with Crippen molar-refractivity contribution < 1.29 is 36.9 Å². The first-order valence-corrected chi connectivity index (χ1v) is 2.19. The van der Waals surface area contributed by atoms with Gasteiger partial charge in [0.1, 0.15) is 0 Å².